The molecule has 2 heterocycles. The molecule has 3 aromatic rings. The highest BCUT2D eigenvalue weighted by molar-refractivity contribution is 5.91. The van der Waals surface area contributed by atoms with Crippen LogP contribution in [0.4, 0.5) is 0 Å². The number of nitrogens with one attached hydrogen (secondary N) is 1. The summed E-state index contributed by atoms with van der Waals surface area (Å²) < 4.78 is 0. The molecule has 1 aromatic heterocycles. The molecule has 2 aromatic carbocycles. The number of piperazine rings is 1. The van der Waals surface area contributed by atoms with Crippen molar-refractivity contribution in [3.8, 4) is 11.1 Å². The van der Waals surface area contributed by atoms with Gasteiger partial charge in [-0.1, -0.05) is 49.9 Å². The fourth-order valence-corrected chi connectivity index (χ4v) is 4.19. The molecule has 2 fully saturated rings. The first-order valence-electron chi connectivity index (χ1n) is 10.3. The molecule has 5 heteroatoms. The van der Waals surface area contributed by atoms with Crippen LogP contribution in [-0.4, -0.2) is 51.9 Å². The fourth-order valence-electron chi connectivity index (χ4n) is 4.19. The fraction of sp³-hybridized carbons (Fsp3) is 0.333. The lowest BCUT2D eigenvalue weighted by atomic mass is 10.0. The summed E-state index contributed by atoms with van der Waals surface area (Å²) in [6.45, 7) is 9.67. The summed E-state index contributed by atoms with van der Waals surface area (Å²) in [5, 5.41) is 0. The van der Waals surface area contributed by atoms with Crippen molar-refractivity contribution >= 4 is 22.6 Å². The Morgan fingerprint density at radius 1 is 1.03 bits per heavy atom. The summed E-state index contributed by atoms with van der Waals surface area (Å²) in [5.41, 5.74) is 6.38. The van der Waals surface area contributed by atoms with E-state index >= 15 is 0 Å². The Bertz CT molecular complexity index is 1070. The van der Waals surface area contributed by atoms with Gasteiger partial charge in [-0.05, 0) is 30.0 Å². The molecule has 0 bridgehead atoms. The molecule has 0 unspecified atom stereocenters. The van der Waals surface area contributed by atoms with Crippen LogP contribution in [0.25, 0.3) is 27.9 Å². The summed E-state index contributed by atoms with van der Waals surface area (Å²) in [5.74, 6) is 0.333. The minimum absolute atomic E-state index is 0.0772. The number of carbonyl (C=O) groups excluding carboxylic acids is 1. The van der Waals surface area contributed by atoms with E-state index in [4.69, 9.17) is 0 Å². The monoisotopic (exact) mass is 386 g/mol. The van der Waals surface area contributed by atoms with E-state index in [-0.39, 0.29) is 5.41 Å². The Morgan fingerprint density at radius 2 is 1.72 bits per heavy atom. The van der Waals surface area contributed by atoms with Gasteiger partial charge in [0.15, 0.2) is 0 Å². The van der Waals surface area contributed by atoms with Crippen molar-refractivity contribution in [1.82, 2.24) is 19.8 Å². The molecule has 0 atom stereocenters. The minimum Gasteiger partial charge on any atom is -0.368 e. The normalized spacial score (nSPS) is 18.1. The third-order valence-corrected chi connectivity index (χ3v) is 6.44. The van der Waals surface area contributed by atoms with Crippen molar-refractivity contribution in [2.45, 2.75) is 19.8 Å². The summed E-state index contributed by atoms with van der Waals surface area (Å²) in [4.78, 5) is 24.5. The van der Waals surface area contributed by atoms with Gasteiger partial charge < -0.3 is 14.8 Å². The highest BCUT2D eigenvalue weighted by atomic mass is 16.2. The van der Waals surface area contributed by atoms with Crippen LogP contribution < -0.4 is 0 Å². The lowest BCUT2D eigenvalue weighted by Crippen LogP contribution is -2.49. The Kier molecular flexibility index (Phi) is 4.19. The van der Waals surface area contributed by atoms with Crippen LogP contribution in [0.15, 0.2) is 55.4 Å². The number of nitrogens with zero attached hydrogens (tertiary/aromatic N) is 3. The summed E-state index contributed by atoms with van der Waals surface area (Å²) in [6, 6.07) is 14.7. The number of aromatic amines is 1. The topological polar surface area (TPSA) is 52.2 Å². The van der Waals surface area contributed by atoms with Crippen LogP contribution in [0.2, 0.25) is 0 Å². The van der Waals surface area contributed by atoms with Crippen LogP contribution in [0.3, 0.4) is 0 Å². The van der Waals surface area contributed by atoms with E-state index in [2.05, 4.69) is 58.7 Å². The molecule has 0 radical (unpaired) electrons. The molecule has 1 amide bonds. The zero-order valence-electron chi connectivity index (χ0n) is 16.8. The van der Waals surface area contributed by atoms with Crippen molar-refractivity contribution in [3.63, 3.8) is 0 Å². The number of carbonyl (C=O) groups is 1. The van der Waals surface area contributed by atoms with E-state index in [9.17, 15) is 4.79 Å². The number of benzene rings is 2. The molecule has 2 aliphatic rings. The first-order chi connectivity index (χ1) is 14.0. The number of hydrogen-bond acceptors (Lipinski definition) is 3. The summed E-state index contributed by atoms with van der Waals surface area (Å²) >= 11 is 0. The number of fused-ring (bicyclic) bond motifs is 1. The van der Waals surface area contributed by atoms with Gasteiger partial charge in [0.05, 0.1) is 17.4 Å². The maximum absolute atomic E-state index is 12.6. The van der Waals surface area contributed by atoms with E-state index in [0.717, 1.165) is 72.4 Å². The molecule has 1 aliphatic heterocycles. The predicted molar refractivity (Wildman–Crippen MR) is 116 cm³/mol. The predicted octanol–water partition coefficient (Wildman–Crippen LogP) is 4.14. The van der Waals surface area contributed by atoms with Crippen molar-refractivity contribution in [3.05, 3.63) is 60.9 Å². The third kappa shape index (κ3) is 3.20. The Hall–Kier alpha value is -3.08. The van der Waals surface area contributed by atoms with Gasteiger partial charge in [0.1, 0.15) is 0 Å². The molecule has 5 rings (SSSR count). The number of imidazole rings is 1. The highest BCUT2D eigenvalue weighted by Gasteiger charge is 2.47. The maximum atomic E-state index is 12.6. The lowest BCUT2D eigenvalue weighted by molar-refractivity contribution is -0.137. The second-order valence-corrected chi connectivity index (χ2v) is 8.47. The minimum atomic E-state index is -0.0772. The van der Waals surface area contributed by atoms with Crippen LogP contribution in [0.1, 0.15) is 25.3 Å². The number of amides is 1. The van der Waals surface area contributed by atoms with Gasteiger partial charge in [-0.15, -0.1) is 0 Å². The summed E-state index contributed by atoms with van der Waals surface area (Å²) in [7, 11) is 0. The average Bonchev–Trinajstić information content (AvgIpc) is 3.33. The molecule has 5 nitrogen and oxygen atoms in total. The van der Waals surface area contributed by atoms with Crippen LogP contribution >= 0.6 is 0 Å². The molecule has 29 heavy (non-hydrogen) atoms. The van der Waals surface area contributed by atoms with E-state index in [1.165, 1.54) is 0 Å². The SMILES string of the molecule is C=C(c1ccc(-c2cccc3[nH]cnc23)cc1)N1CCN(C(=O)C2(C)CC2)CC1. The number of aromatic nitrogens is 2. The molecule has 148 valence electrons. The van der Waals surface area contributed by atoms with Crippen molar-refractivity contribution in [2.75, 3.05) is 26.2 Å². The van der Waals surface area contributed by atoms with Crippen LogP contribution in [0, 0.1) is 5.41 Å². The zero-order valence-corrected chi connectivity index (χ0v) is 16.8. The van der Waals surface area contributed by atoms with Gasteiger partial charge in [0.25, 0.3) is 0 Å². The Morgan fingerprint density at radius 3 is 2.41 bits per heavy atom. The number of H-pyrrole nitrogens is 1. The molecular formula is C24H26N4O. The first-order valence-corrected chi connectivity index (χ1v) is 10.3. The van der Waals surface area contributed by atoms with E-state index in [0.29, 0.717) is 5.91 Å². The molecule has 1 N–H and O–H groups in total. The van der Waals surface area contributed by atoms with Gasteiger partial charge in [-0.25, -0.2) is 4.98 Å². The second-order valence-electron chi connectivity index (χ2n) is 8.47. The maximum Gasteiger partial charge on any atom is 0.228 e. The van der Waals surface area contributed by atoms with E-state index < -0.39 is 0 Å². The highest BCUT2D eigenvalue weighted by Crippen LogP contribution is 2.46. The standard InChI is InChI=1S/C24H26N4O/c1-17(27-12-14-28(15-13-27)23(29)24(2)10-11-24)18-6-8-19(9-7-18)20-4-3-5-21-22(20)26-16-25-21/h3-9,16H,1,10-15H2,2H3,(H,25,26). The first kappa shape index (κ1) is 18.0. The van der Waals surface area contributed by atoms with Crippen molar-refractivity contribution in [1.29, 1.82) is 0 Å². The largest absolute Gasteiger partial charge is 0.368 e. The number of para-hydroxylation sites is 1. The molecule has 1 saturated heterocycles. The Balaban J connectivity index is 1.28. The van der Waals surface area contributed by atoms with Crippen molar-refractivity contribution < 1.29 is 4.79 Å². The van der Waals surface area contributed by atoms with Gasteiger partial charge in [-0.2, -0.15) is 0 Å². The number of rotatable bonds is 4. The van der Waals surface area contributed by atoms with E-state index in [1.54, 1.807) is 6.33 Å². The smallest absolute Gasteiger partial charge is 0.228 e. The third-order valence-electron chi connectivity index (χ3n) is 6.44. The molecular weight excluding hydrogens is 360 g/mol. The molecule has 1 saturated carbocycles. The van der Waals surface area contributed by atoms with Gasteiger partial charge in [0.2, 0.25) is 5.91 Å². The summed E-state index contributed by atoms with van der Waals surface area (Å²) in [6.07, 6.45) is 3.81. The van der Waals surface area contributed by atoms with Crippen LogP contribution in [-0.2, 0) is 4.79 Å². The zero-order chi connectivity index (χ0) is 20.0. The lowest BCUT2D eigenvalue weighted by Gasteiger charge is -2.38. The van der Waals surface area contributed by atoms with Gasteiger partial charge in [-0.3, -0.25) is 4.79 Å². The molecule has 1 aliphatic carbocycles. The van der Waals surface area contributed by atoms with Crippen molar-refractivity contribution in [2.24, 2.45) is 5.41 Å². The average molecular weight is 386 g/mol. The van der Waals surface area contributed by atoms with E-state index in [1.807, 2.05) is 17.0 Å². The molecule has 0 spiro atoms. The van der Waals surface area contributed by atoms with Crippen LogP contribution in [0.5, 0.6) is 0 Å². The number of hydrogen-bond donors (Lipinski definition) is 1. The van der Waals surface area contributed by atoms with Gasteiger partial charge >= 0.3 is 0 Å². The Labute approximate surface area is 171 Å². The van der Waals surface area contributed by atoms with Gasteiger partial charge in [0, 0.05) is 42.9 Å². The second kappa shape index (κ2) is 6.76. The quantitative estimate of drug-likeness (QED) is 0.733.